The van der Waals surface area contributed by atoms with E-state index in [4.69, 9.17) is 21.1 Å². The van der Waals surface area contributed by atoms with Gasteiger partial charge < -0.3 is 9.47 Å². The predicted molar refractivity (Wildman–Crippen MR) is 66.0 cm³/mol. The van der Waals surface area contributed by atoms with E-state index in [9.17, 15) is 8.42 Å². The molecule has 0 aliphatic rings. The summed E-state index contributed by atoms with van der Waals surface area (Å²) in [6.07, 6.45) is 0. The Labute approximate surface area is 106 Å². The van der Waals surface area contributed by atoms with Crippen molar-refractivity contribution < 1.29 is 17.9 Å². The number of sulfonamides is 1. The van der Waals surface area contributed by atoms with Crippen molar-refractivity contribution in [3.8, 4) is 11.5 Å². The molecule has 96 valence electrons. The molecule has 7 heteroatoms. The third-order valence-electron chi connectivity index (χ3n) is 2.12. The lowest BCUT2D eigenvalue weighted by molar-refractivity contribution is 0.390. The van der Waals surface area contributed by atoms with Crippen LogP contribution in [0.4, 0.5) is 0 Å². The van der Waals surface area contributed by atoms with Crippen molar-refractivity contribution in [1.29, 1.82) is 0 Å². The van der Waals surface area contributed by atoms with Gasteiger partial charge in [-0.25, -0.2) is 13.1 Å². The van der Waals surface area contributed by atoms with Crippen molar-refractivity contribution in [2.75, 3.05) is 19.4 Å². The van der Waals surface area contributed by atoms with E-state index in [0.29, 0.717) is 17.1 Å². The zero-order chi connectivity index (χ0) is 12.9. The fourth-order valence-electron chi connectivity index (χ4n) is 1.22. The first-order valence-corrected chi connectivity index (χ1v) is 6.95. The third-order valence-corrected chi connectivity index (χ3v) is 3.85. The zero-order valence-electron chi connectivity index (χ0n) is 9.57. The van der Waals surface area contributed by atoms with Gasteiger partial charge in [0.1, 0.15) is 16.7 Å². The molecule has 0 saturated heterocycles. The van der Waals surface area contributed by atoms with Gasteiger partial charge in [0.15, 0.2) is 0 Å². The summed E-state index contributed by atoms with van der Waals surface area (Å²) < 4.78 is 34.9. The highest BCUT2D eigenvalue weighted by Gasteiger charge is 2.10. The van der Waals surface area contributed by atoms with Crippen LogP contribution in [0.3, 0.4) is 0 Å². The predicted octanol–water partition coefficient (Wildman–Crippen LogP) is 1.32. The summed E-state index contributed by atoms with van der Waals surface area (Å²) in [4.78, 5) is 0. The maximum Gasteiger partial charge on any atom is 0.225 e. The lowest BCUT2D eigenvalue weighted by atomic mass is 10.2. The first kappa shape index (κ1) is 14.1. The summed E-state index contributed by atoms with van der Waals surface area (Å²) in [6, 6.07) is 5.14. The second-order valence-electron chi connectivity index (χ2n) is 3.22. The van der Waals surface area contributed by atoms with Crippen molar-refractivity contribution in [1.82, 2.24) is 4.72 Å². The zero-order valence-corrected chi connectivity index (χ0v) is 11.1. The summed E-state index contributed by atoms with van der Waals surface area (Å²) in [5, 5.41) is -0.467. The smallest absolute Gasteiger partial charge is 0.225 e. The molecule has 0 bridgehead atoms. The van der Waals surface area contributed by atoms with Gasteiger partial charge in [-0.15, -0.1) is 11.6 Å². The standard InChI is InChI=1S/C10H14ClNO4S/c1-15-9-4-3-8(10(5-9)16-2)6-12-17(13,14)7-11/h3-5,12H,6-7H2,1-2H3. The highest BCUT2D eigenvalue weighted by Crippen LogP contribution is 2.24. The van der Waals surface area contributed by atoms with E-state index in [0.717, 1.165) is 0 Å². The lowest BCUT2D eigenvalue weighted by Crippen LogP contribution is -2.24. The molecular formula is C10H14ClNO4S. The molecule has 1 aromatic carbocycles. The van der Waals surface area contributed by atoms with Gasteiger partial charge in [0.2, 0.25) is 10.0 Å². The van der Waals surface area contributed by atoms with Crippen LogP contribution in [0.1, 0.15) is 5.56 Å². The lowest BCUT2D eigenvalue weighted by Gasteiger charge is -2.10. The van der Waals surface area contributed by atoms with Crippen LogP contribution in [-0.2, 0) is 16.6 Å². The number of hydrogen-bond acceptors (Lipinski definition) is 4. The number of alkyl halides is 1. The third kappa shape index (κ3) is 4.07. The van der Waals surface area contributed by atoms with Crippen molar-refractivity contribution in [3.63, 3.8) is 0 Å². The highest BCUT2D eigenvalue weighted by molar-refractivity contribution is 7.90. The Balaban J connectivity index is 2.84. The van der Waals surface area contributed by atoms with Gasteiger partial charge in [-0.1, -0.05) is 6.07 Å². The maximum absolute atomic E-state index is 11.2. The second kappa shape index (κ2) is 6.09. The van der Waals surface area contributed by atoms with Crippen LogP contribution in [0.15, 0.2) is 18.2 Å². The van der Waals surface area contributed by atoms with E-state index >= 15 is 0 Å². The molecule has 0 unspecified atom stereocenters. The van der Waals surface area contributed by atoms with Crippen LogP contribution in [-0.4, -0.2) is 27.8 Å². The molecule has 1 N–H and O–H groups in total. The fourth-order valence-corrected chi connectivity index (χ4v) is 1.91. The Bertz CT molecular complexity index is 475. The second-order valence-corrected chi connectivity index (χ2v) is 5.61. The van der Waals surface area contributed by atoms with Crippen LogP contribution in [0.5, 0.6) is 11.5 Å². The van der Waals surface area contributed by atoms with E-state index in [-0.39, 0.29) is 6.54 Å². The number of methoxy groups -OCH3 is 2. The Kier molecular flexibility index (Phi) is 5.04. The Hall–Kier alpha value is -0.980. The summed E-state index contributed by atoms with van der Waals surface area (Å²) >= 11 is 5.28. The Morgan fingerprint density at radius 3 is 2.53 bits per heavy atom. The number of nitrogens with one attached hydrogen (secondary N) is 1. The fraction of sp³-hybridized carbons (Fsp3) is 0.400. The monoisotopic (exact) mass is 279 g/mol. The average molecular weight is 280 g/mol. The van der Waals surface area contributed by atoms with Crippen molar-refractivity contribution in [2.24, 2.45) is 0 Å². The minimum atomic E-state index is -3.43. The molecule has 5 nitrogen and oxygen atoms in total. The molecular weight excluding hydrogens is 266 g/mol. The van der Waals surface area contributed by atoms with Gasteiger partial charge >= 0.3 is 0 Å². The Morgan fingerprint density at radius 1 is 1.29 bits per heavy atom. The normalized spacial score (nSPS) is 11.2. The minimum absolute atomic E-state index is 0.127. The van der Waals surface area contributed by atoms with Gasteiger partial charge in [-0.3, -0.25) is 0 Å². The molecule has 1 aromatic rings. The van der Waals surface area contributed by atoms with E-state index in [1.54, 1.807) is 25.3 Å². The molecule has 0 aliphatic carbocycles. The molecule has 0 aliphatic heterocycles. The summed E-state index contributed by atoms with van der Waals surface area (Å²) in [6.45, 7) is 0.127. The molecule has 1 rings (SSSR count). The van der Waals surface area contributed by atoms with Gasteiger partial charge in [-0.2, -0.15) is 0 Å². The molecule has 0 atom stereocenters. The SMILES string of the molecule is COc1ccc(CNS(=O)(=O)CCl)c(OC)c1. The quantitative estimate of drug-likeness (QED) is 0.798. The van der Waals surface area contributed by atoms with Gasteiger partial charge in [0.25, 0.3) is 0 Å². The highest BCUT2D eigenvalue weighted by atomic mass is 35.5. The summed E-state index contributed by atoms with van der Waals surface area (Å²) in [5.41, 5.74) is 0.710. The molecule has 0 radical (unpaired) electrons. The molecule has 0 saturated carbocycles. The van der Waals surface area contributed by atoms with Crippen LogP contribution in [0.25, 0.3) is 0 Å². The summed E-state index contributed by atoms with van der Waals surface area (Å²) in [5.74, 6) is 1.20. The molecule has 17 heavy (non-hydrogen) atoms. The van der Waals surface area contributed by atoms with Gasteiger partial charge in [0.05, 0.1) is 14.2 Å². The number of rotatable bonds is 6. The molecule has 0 heterocycles. The van der Waals surface area contributed by atoms with Crippen molar-refractivity contribution >= 4 is 21.6 Å². The van der Waals surface area contributed by atoms with E-state index < -0.39 is 15.2 Å². The Morgan fingerprint density at radius 2 is 2.00 bits per heavy atom. The largest absolute Gasteiger partial charge is 0.497 e. The minimum Gasteiger partial charge on any atom is -0.497 e. The number of benzene rings is 1. The van der Waals surface area contributed by atoms with Crippen molar-refractivity contribution in [2.45, 2.75) is 6.54 Å². The number of halogens is 1. The first-order chi connectivity index (χ1) is 8.02. The van der Waals surface area contributed by atoms with Crippen LogP contribution >= 0.6 is 11.6 Å². The molecule has 0 spiro atoms. The number of ether oxygens (including phenoxy) is 2. The van der Waals surface area contributed by atoms with E-state index in [1.165, 1.54) is 7.11 Å². The molecule has 0 amide bonds. The maximum atomic E-state index is 11.2. The average Bonchev–Trinajstić information content (AvgIpc) is 2.36. The molecule has 0 fully saturated rings. The van der Waals surface area contributed by atoms with Crippen LogP contribution in [0.2, 0.25) is 0 Å². The van der Waals surface area contributed by atoms with Crippen molar-refractivity contribution in [3.05, 3.63) is 23.8 Å². The topological polar surface area (TPSA) is 64.6 Å². The number of hydrogen-bond donors (Lipinski definition) is 1. The van der Waals surface area contributed by atoms with Crippen LogP contribution in [0, 0.1) is 0 Å². The molecule has 0 aromatic heterocycles. The summed E-state index contributed by atoms with van der Waals surface area (Å²) in [7, 11) is -0.375. The van der Waals surface area contributed by atoms with Crippen LogP contribution < -0.4 is 14.2 Å². The van der Waals surface area contributed by atoms with E-state index in [1.807, 2.05) is 0 Å². The first-order valence-electron chi connectivity index (χ1n) is 4.76. The van der Waals surface area contributed by atoms with Gasteiger partial charge in [0, 0.05) is 18.2 Å². The van der Waals surface area contributed by atoms with Gasteiger partial charge in [-0.05, 0) is 6.07 Å². The van der Waals surface area contributed by atoms with E-state index in [2.05, 4.69) is 4.72 Å².